The fourth-order valence-corrected chi connectivity index (χ4v) is 2.50. The van der Waals surface area contributed by atoms with Gasteiger partial charge in [0.1, 0.15) is 0 Å². The van der Waals surface area contributed by atoms with E-state index < -0.39 is 0 Å². The van der Waals surface area contributed by atoms with Crippen LogP contribution in [-0.2, 0) is 11.2 Å². The van der Waals surface area contributed by atoms with Gasteiger partial charge in [0.2, 0.25) is 5.91 Å². The quantitative estimate of drug-likeness (QED) is 0.773. The molecule has 1 amide bonds. The van der Waals surface area contributed by atoms with Crippen molar-refractivity contribution in [1.82, 2.24) is 10.3 Å². The Bertz CT molecular complexity index is 412. The summed E-state index contributed by atoms with van der Waals surface area (Å²) in [6, 6.07) is 3.95. The number of nitrogens with zero attached hydrogens (tertiary/aromatic N) is 1. The number of hydrogen-bond acceptors (Lipinski definition) is 3. The first-order valence-electron chi connectivity index (χ1n) is 7.79. The number of carbonyl (C=O) groups is 1. The van der Waals surface area contributed by atoms with Crippen LogP contribution in [0.15, 0.2) is 24.5 Å². The van der Waals surface area contributed by atoms with Crippen molar-refractivity contribution in [1.29, 1.82) is 0 Å². The number of nitrogens with two attached hydrogens (primary N) is 1. The molecular formula is C17H29N3O. The van der Waals surface area contributed by atoms with E-state index in [1.807, 2.05) is 12.1 Å². The minimum Gasteiger partial charge on any atom is -0.356 e. The molecule has 1 atom stereocenters. The van der Waals surface area contributed by atoms with E-state index >= 15 is 0 Å². The molecule has 1 unspecified atom stereocenters. The van der Waals surface area contributed by atoms with Crippen LogP contribution in [0.25, 0.3) is 0 Å². The highest BCUT2D eigenvalue weighted by atomic mass is 16.1. The molecule has 21 heavy (non-hydrogen) atoms. The predicted molar refractivity (Wildman–Crippen MR) is 86.8 cm³/mol. The number of rotatable bonds is 8. The SMILES string of the molecule is CC(C)(C)C(CCN)CCC(=O)NCCc1ccncc1. The lowest BCUT2D eigenvalue weighted by molar-refractivity contribution is -0.121. The third-order valence-electron chi connectivity index (χ3n) is 3.94. The Morgan fingerprint density at radius 3 is 2.52 bits per heavy atom. The third kappa shape index (κ3) is 7.23. The Labute approximate surface area is 128 Å². The lowest BCUT2D eigenvalue weighted by Gasteiger charge is -2.30. The zero-order valence-electron chi connectivity index (χ0n) is 13.6. The van der Waals surface area contributed by atoms with Gasteiger partial charge in [0.25, 0.3) is 0 Å². The number of amides is 1. The van der Waals surface area contributed by atoms with Crippen molar-refractivity contribution < 1.29 is 4.79 Å². The summed E-state index contributed by atoms with van der Waals surface area (Å²) in [7, 11) is 0. The molecule has 1 aromatic rings. The van der Waals surface area contributed by atoms with Gasteiger partial charge in [-0.15, -0.1) is 0 Å². The van der Waals surface area contributed by atoms with Crippen molar-refractivity contribution in [2.75, 3.05) is 13.1 Å². The van der Waals surface area contributed by atoms with Crippen molar-refractivity contribution in [3.8, 4) is 0 Å². The molecule has 0 aliphatic heterocycles. The zero-order chi connectivity index (χ0) is 15.7. The summed E-state index contributed by atoms with van der Waals surface area (Å²) in [6.07, 6.45) is 6.86. The van der Waals surface area contributed by atoms with Crippen LogP contribution in [0.4, 0.5) is 0 Å². The molecule has 0 aromatic carbocycles. The number of aromatic nitrogens is 1. The molecule has 0 aliphatic carbocycles. The molecule has 1 rings (SSSR count). The molecule has 118 valence electrons. The summed E-state index contributed by atoms with van der Waals surface area (Å²) in [6.45, 7) is 8.02. The molecule has 0 aliphatic rings. The highest BCUT2D eigenvalue weighted by Gasteiger charge is 2.24. The van der Waals surface area contributed by atoms with Crippen LogP contribution in [0.2, 0.25) is 0 Å². The Kier molecular flexibility index (Phi) is 7.37. The molecule has 0 saturated carbocycles. The van der Waals surface area contributed by atoms with Crippen molar-refractivity contribution in [2.24, 2.45) is 17.1 Å². The van der Waals surface area contributed by atoms with Crippen LogP contribution in [0.1, 0.15) is 45.6 Å². The van der Waals surface area contributed by atoms with Gasteiger partial charge >= 0.3 is 0 Å². The van der Waals surface area contributed by atoms with Gasteiger partial charge in [0.05, 0.1) is 0 Å². The lowest BCUT2D eigenvalue weighted by atomic mass is 9.76. The fourth-order valence-electron chi connectivity index (χ4n) is 2.50. The normalized spacial score (nSPS) is 13.0. The first-order valence-corrected chi connectivity index (χ1v) is 7.79. The summed E-state index contributed by atoms with van der Waals surface area (Å²) in [4.78, 5) is 15.9. The van der Waals surface area contributed by atoms with Gasteiger partial charge in [-0.25, -0.2) is 0 Å². The Hall–Kier alpha value is -1.42. The smallest absolute Gasteiger partial charge is 0.220 e. The van der Waals surface area contributed by atoms with E-state index in [-0.39, 0.29) is 11.3 Å². The first-order chi connectivity index (χ1) is 9.93. The van der Waals surface area contributed by atoms with E-state index in [0.29, 0.717) is 25.4 Å². The van der Waals surface area contributed by atoms with Gasteiger partial charge in [-0.05, 0) is 54.8 Å². The molecule has 0 radical (unpaired) electrons. The van der Waals surface area contributed by atoms with Crippen molar-refractivity contribution >= 4 is 5.91 Å². The summed E-state index contributed by atoms with van der Waals surface area (Å²) in [5, 5.41) is 2.99. The van der Waals surface area contributed by atoms with Gasteiger partial charge in [-0.2, -0.15) is 0 Å². The average molecular weight is 291 g/mol. The monoisotopic (exact) mass is 291 g/mol. The fraction of sp³-hybridized carbons (Fsp3) is 0.647. The van der Waals surface area contributed by atoms with Crippen LogP contribution in [-0.4, -0.2) is 24.0 Å². The number of pyridine rings is 1. The van der Waals surface area contributed by atoms with Gasteiger partial charge in [0.15, 0.2) is 0 Å². The zero-order valence-corrected chi connectivity index (χ0v) is 13.6. The first kappa shape index (κ1) is 17.6. The Balaban J connectivity index is 2.27. The topological polar surface area (TPSA) is 68.0 Å². The largest absolute Gasteiger partial charge is 0.356 e. The molecule has 1 aromatic heterocycles. The minimum absolute atomic E-state index is 0.135. The highest BCUT2D eigenvalue weighted by Crippen LogP contribution is 2.31. The van der Waals surface area contributed by atoms with Gasteiger partial charge in [0, 0.05) is 25.4 Å². The molecule has 0 fully saturated rings. The highest BCUT2D eigenvalue weighted by molar-refractivity contribution is 5.75. The Morgan fingerprint density at radius 2 is 1.95 bits per heavy atom. The molecule has 0 saturated heterocycles. The maximum Gasteiger partial charge on any atom is 0.220 e. The standard InChI is InChI=1S/C17H29N3O/c1-17(2,3)15(6-10-18)4-5-16(21)20-13-9-14-7-11-19-12-8-14/h7-8,11-12,15H,4-6,9-10,13,18H2,1-3H3,(H,20,21). The third-order valence-corrected chi connectivity index (χ3v) is 3.94. The molecule has 4 nitrogen and oxygen atoms in total. The summed E-state index contributed by atoms with van der Waals surface area (Å²) in [5.74, 6) is 0.628. The average Bonchev–Trinajstić information content (AvgIpc) is 2.43. The van der Waals surface area contributed by atoms with Gasteiger partial charge < -0.3 is 11.1 Å². The van der Waals surface area contributed by atoms with Gasteiger partial charge in [-0.1, -0.05) is 20.8 Å². The van der Waals surface area contributed by atoms with Crippen molar-refractivity contribution in [2.45, 2.75) is 46.5 Å². The minimum atomic E-state index is 0.135. The van der Waals surface area contributed by atoms with Crippen LogP contribution in [0.3, 0.4) is 0 Å². The predicted octanol–water partition coefficient (Wildman–Crippen LogP) is 2.53. The summed E-state index contributed by atoms with van der Waals surface area (Å²) in [5.41, 5.74) is 7.07. The van der Waals surface area contributed by atoms with Crippen LogP contribution >= 0.6 is 0 Å². The molecule has 4 heteroatoms. The van der Waals surface area contributed by atoms with Gasteiger partial charge in [-0.3, -0.25) is 9.78 Å². The summed E-state index contributed by atoms with van der Waals surface area (Å²) >= 11 is 0. The number of nitrogens with one attached hydrogen (secondary N) is 1. The van der Waals surface area contributed by atoms with Crippen LogP contribution in [0.5, 0.6) is 0 Å². The second-order valence-corrected chi connectivity index (χ2v) is 6.63. The van der Waals surface area contributed by atoms with E-state index in [4.69, 9.17) is 5.73 Å². The van der Waals surface area contributed by atoms with E-state index in [1.165, 1.54) is 5.56 Å². The maximum absolute atomic E-state index is 11.9. The van der Waals surface area contributed by atoms with Crippen molar-refractivity contribution in [3.05, 3.63) is 30.1 Å². The number of hydrogen-bond donors (Lipinski definition) is 2. The van der Waals surface area contributed by atoms with E-state index in [2.05, 4.69) is 31.1 Å². The molecule has 1 heterocycles. The molecule has 0 bridgehead atoms. The van der Waals surface area contributed by atoms with E-state index in [0.717, 1.165) is 19.3 Å². The van der Waals surface area contributed by atoms with E-state index in [1.54, 1.807) is 12.4 Å². The summed E-state index contributed by atoms with van der Waals surface area (Å²) < 4.78 is 0. The van der Waals surface area contributed by atoms with Crippen LogP contribution in [0, 0.1) is 11.3 Å². The van der Waals surface area contributed by atoms with Crippen LogP contribution < -0.4 is 11.1 Å². The molecule has 3 N–H and O–H groups in total. The number of carbonyl (C=O) groups excluding carboxylic acids is 1. The second kappa shape index (κ2) is 8.78. The van der Waals surface area contributed by atoms with Crippen molar-refractivity contribution in [3.63, 3.8) is 0 Å². The van der Waals surface area contributed by atoms with E-state index in [9.17, 15) is 4.79 Å². The Morgan fingerprint density at radius 1 is 1.29 bits per heavy atom. The molecular weight excluding hydrogens is 262 g/mol. The molecule has 0 spiro atoms. The maximum atomic E-state index is 11.9. The second-order valence-electron chi connectivity index (χ2n) is 6.63. The lowest BCUT2D eigenvalue weighted by Crippen LogP contribution is -2.29.